The molecule has 0 saturated carbocycles. The Morgan fingerprint density at radius 1 is 1.29 bits per heavy atom. The molecule has 0 amide bonds. The van der Waals surface area contributed by atoms with Crippen molar-refractivity contribution in [2.75, 3.05) is 13.2 Å². The molecule has 1 aromatic carbocycles. The van der Waals surface area contributed by atoms with Gasteiger partial charge in [-0.25, -0.2) is 0 Å². The molecule has 0 fully saturated rings. The van der Waals surface area contributed by atoms with Gasteiger partial charge in [-0.1, -0.05) is 42.5 Å². The standard InChI is InChI=1S/C17H22O4/c1-2-19-17(18)11-10-15-8-9-16(13-21-15)20-12-14-6-4-3-5-7-14/h3-9,15-16H,2,10-13H2,1H3/t15?,16-/m0/s1. The molecule has 0 radical (unpaired) electrons. The number of benzene rings is 1. The fourth-order valence-electron chi connectivity index (χ4n) is 2.13. The van der Waals surface area contributed by atoms with Gasteiger partial charge in [0.1, 0.15) is 0 Å². The summed E-state index contributed by atoms with van der Waals surface area (Å²) in [6, 6.07) is 10.1. The van der Waals surface area contributed by atoms with Crippen LogP contribution in [0.4, 0.5) is 0 Å². The molecule has 0 aliphatic carbocycles. The fraction of sp³-hybridized carbons (Fsp3) is 0.471. The maximum atomic E-state index is 11.3. The van der Waals surface area contributed by atoms with Gasteiger partial charge in [-0.2, -0.15) is 0 Å². The maximum absolute atomic E-state index is 11.3. The Morgan fingerprint density at radius 3 is 2.76 bits per heavy atom. The van der Waals surface area contributed by atoms with Crippen LogP contribution in [0, 0.1) is 0 Å². The van der Waals surface area contributed by atoms with Crippen LogP contribution in [0.15, 0.2) is 42.5 Å². The highest BCUT2D eigenvalue weighted by atomic mass is 16.5. The summed E-state index contributed by atoms with van der Waals surface area (Å²) in [6.45, 7) is 3.34. The van der Waals surface area contributed by atoms with Crippen molar-refractivity contribution >= 4 is 5.97 Å². The second-order valence-corrected chi connectivity index (χ2v) is 4.94. The third-order valence-corrected chi connectivity index (χ3v) is 3.26. The van der Waals surface area contributed by atoms with E-state index in [0.717, 1.165) is 5.56 Å². The molecule has 1 aliphatic heterocycles. The summed E-state index contributed by atoms with van der Waals surface area (Å²) in [4.78, 5) is 11.3. The van der Waals surface area contributed by atoms with Gasteiger partial charge in [0.2, 0.25) is 0 Å². The quantitative estimate of drug-likeness (QED) is 0.572. The Bertz CT molecular complexity index is 455. The van der Waals surface area contributed by atoms with E-state index in [1.807, 2.05) is 49.4 Å². The Hall–Kier alpha value is -1.65. The van der Waals surface area contributed by atoms with Crippen molar-refractivity contribution in [2.24, 2.45) is 0 Å². The molecule has 114 valence electrons. The van der Waals surface area contributed by atoms with Gasteiger partial charge in [0.25, 0.3) is 0 Å². The van der Waals surface area contributed by atoms with Gasteiger partial charge < -0.3 is 14.2 Å². The summed E-state index contributed by atoms with van der Waals surface area (Å²) in [5.41, 5.74) is 1.15. The third-order valence-electron chi connectivity index (χ3n) is 3.26. The lowest BCUT2D eigenvalue weighted by atomic mass is 10.1. The van der Waals surface area contributed by atoms with E-state index in [-0.39, 0.29) is 18.2 Å². The molecule has 4 nitrogen and oxygen atoms in total. The molecule has 1 unspecified atom stereocenters. The first-order chi connectivity index (χ1) is 10.3. The van der Waals surface area contributed by atoms with Gasteiger partial charge in [-0.3, -0.25) is 4.79 Å². The van der Waals surface area contributed by atoms with Crippen molar-refractivity contribution in [3.05, 3.63) is 48.0 Å². The zero-order valence-corrected chi connectivity index (χ0v) is 12.4. The highest BCUT2D eigenvalue weighted by molar-refractivity contribution is 5.69. The number of hydrogen-bond acceptors (Lipinski definition) is 4. The zero-order chi connectivity index (χ0) is 14.9. The first-order valence-corrected chi connectivity index (χ1v) is 7.39. The van der Waals surface area contributed by atoms with E-state index >= 15 is 0 Å². The summed E-state index contributed by atoms with van der Waals surface area (Å²) in [7, 11) is 0. The fourth-order valence-corrected chi connectivity index (χ4v) is 2.13. The highest BCUT2D eigenvalue weighted by Crippen LogP contribution is 2.14. The Balaban J connectivity index is 1.68. The number of hydrogen-bond donors (Lipinski definition) is 0. The zero-order valence-electron chi connectivity index (χ0n) is 12.4. The van der Waals surface area contributed by atoms with E-state index in [9.17, 15) is 4.79 Å². The SMILES string of the molecule is CCOC(=O)CCC1C=C[C@H](OCc2ccccc2)CO1. The van der Waals surface area contributed by atoms with E-state index in [1.165, 1.54) is 0 Å². The lowest BCUT2D eigenvalue weighted by Gasteiger charge is -2.23. The number of esters is 1. The van der Waals surface area contributed by atoms with Crippen LogP contribution in [0.5, 0.6) is 0 Å². The molecule has 1 aliphatic rings. The summed E-state index contributed by atoms with van der Waals surface area (Å²) >= 11 is 0. The number of ether oxygens (including phenoxy) is 3. The van der Waals surface area contributed by atoms with Crippen molar-refractivity contribution in [3.63, 3.8) is 0 Å². The van der Waals surface area contributed by atoms with Crippen LogP contribution in [0.3, 0.4) is 0 Å². The molecule has 1 aromatic rings. The van der Waals surface area contributed by atoms with Crippen LogP contribution < -0.4 is 0 Å². The largest absolute Gasteiger partial charge is 0.466 e. The molecule has 0 saturated heterocycles. The van der Waals surface area contributed by atoms with Crippen LogP contribution in [-0.2, 0) is 25.6 Å². The van der Waals surface area contributed by atoms with Crippen LogP contribution in [0.25, 0.3) is 0 Å². The van der Waals surface area contributed by atoms with Crippen LogP contribution in [0.1, 0.15) is 25.3 Å². The van der Waals surface area contributed by atoms with Crippen molar-refractivity contribution in [1.29, 1.82) is 0 Å². The molecule has 4 heteroatoms. The van der Waals surface area contributed by atoms with Gasteiger partial charge in [0.15, 0.2) is 0 Å². The number of carbonyl (C=O) groups excluding carboxylic acids is 1. The molecular formula is C17H22O4. The van der Waals surface area contributed by atoms with Gasteiger partial charge in [-0.15, -0.1) is 0 Å². The van der Waals surface area contributed by atoms with E-state index in [0.29, 0.717) is 32.7 Å². The van der Waals surface area contributed by atoms with Gasteiger partial charge in [0, 0.05) is 6.42 Å². The highest BCUT2D eigenvalue weighted by Gasteiger charge is 2.17. The van der Waals surface area contributed by atoms with Crippen LogP contribution >= 0.6 is 0 Å². The van der Waals surface area contributed by atoms with Gasteiger partial charge in [0.05, 0.1) is 32.0 Å². The normalized spacial score (nSPS) is 21.2. The predicted octanol–water partition coefficient (Wildman–Crippen LogP) is 2.87. The van der Waals surface area contributed by atoms with Crippen LogP contribution in [-0.4, -0.2) is 31.4 Å². The molecule has 1 heterocycles. The minimum absolute atomic E-state index is 0.0222. The Kier molecular flexibility index (Phi) is 6.44. The molecule has 0 N–H and O–H groups in total. The second kappa shape index (κ2) is 8.60. The molecule has 21 heavy (non-hydrogen) atoms. The molecular weight excluding hydrogens is 268 g/mol. The van der Waals surface area contributed by atoms with Crippen LogP contribution in [0.2, 0.25) is 0 Å². The van der Waals surface area contributed by atoms with E-state index in [4.69, 9.17) is 14.2 Å². The predicted molar refractivity (Wildman–Crippen MR) is 79.8 cm³/mol. The Labute approximate surface area is 125 Å². The van der Waals surface area contributed by atoms with Crippen molar-refractivity contribution in [1.82, 2.24) is 0 Å². The van der Waals surface area contributed by atoms with E-state index < -0.39 is 0 Å². The molecule has 0 aromatic heterocycles. The minimum atomic E-state index is -0.169. The molecule has 0 spiro atoms. The van der Waals surface area contributed by atoms with Crippen molar-refractivity contribution in [2.45, 2.75) is 38.6 Å². The molecule has 0 bridgehead atoms. The van der Waals surface area contributed by atoms with E-state index in [1.54, 1.807) is 0 Å². The average Bonchev–Trinajstić information content (AvgIpc) is 2.53. The van der Waals surface area contributed by atoms with Crippen molar-refractivity contribution in [3.8, 4) is 0 Å². The second-order valence-electron chi connectivity index (χ2n) is 4.94. The van der Waals surface area contributed by atoms with Gasteiger partial charge >= 0.3 is 5.97 Å². The minimum Gasteiger partial charge on any atom is -0.466 e. The average molecular weight is 290 g/mol. The smallest absolute Gasteiger partial charge is 0.305 e. The lowest BCUT2D eigenvalue weighted by Crippen LogP contribution is -2.27. The number of rotatable bonds is 7. The number of carbonyl (C=O) groups is 1. The first-order valence-electron chi connectivity index (χ1n) is 7.39. The summed E-state index contributed by atoms with van der Waals surface area (Å²) in [6.07, 6.45) is 4.98. The molecule has 2 atom stereocenters. The Morgan fingerprint density at radius 2 is 2.10 bits per heavy atom. The van der Waals surface area contributed by atoms with E-state index in [2.05, 4.69) is 0 Å². The lowest BCUT2D eigenvalue weighted by molar-refractivity contribution is -0.143. The third kappa shape index (κ3) is 5.69. The first kappa shape index (κ1) is 15.7. The molecule has 2 rings (SSSR count). The summed E-state index contributed by atoms with van der Waals surface area (Å²) < 4.78 is 16.4. The summed E-state index contributed by atoms with van der Waals surface area (Å²) in [5, 5.41) is 0. The monoisotopic (exact) mass is 290 g/mol. The van der Waals surface area contributed by atoms with Gasteiger partial charge in [-0.05, 0) is 18.9 Å². The maximum Gasteiger partial charge on any atom is 0.305 e. The summed E-state index contributed by atoms with van der Waals surface area (Å²) in [5.74, 6) is -0.169. The van der Waals surface area contributed by atoms with Crippen molar-refractivity contribution < 1.29 is 19.0 Å². The topological polar surface area (TPSA) is 44.8 Å².